The van der Waals surface area contributed by atoms with E-state index in [1.165, 1.54) is 0 Å². The number of rotatable bonds is 3. The highest BCUT2D eigenvalue weighted by Crippen LogP contribution is 2.44. The Hall–Kier alpha value is -1.26. The quantitative estimate of drug-likeness (QED) is 0.705. The molecule has 3 rings (SSSR count). The van der Waals surface area contributed by atoms with Crippen LogP contribution in [-0.2, 0) is 38.0 Å². The van der Waals surface area contributed by atoms with Gasteiger partial charge in [-0.3, -0.25) is 4.79 Å². The molecule has 3 saturated heterocycles. The first kappa shape index (κ1) is 21.4. The van der Waals surface area contributed by atoms with Gasteiger partial charge in [0, 0.05) is 0 Å². The van der Waals surface area contributed by atoms with Gasteiger partial charge in [0.25, 0.3) is 5.91 Å². The minimum Gasteiger partial charge on any atom is -0.458 e. The first-order valence-electron chi connectivity index (χ1n) is 9.57. The van der Waals surface area contributed by atoms with Crippen LogP contribution in [0.2, 0.25) is 0 Å². The molecular weight excluding hydrogens is 370 g/mol. The normalized spacial score (nSPS) is 36.9. The standard InChI is InChI=1S/C19H31NO8/c1-9(15(22)27-17(2,3)4)20-14(21)12-10-11(25-18(5,6)24-10)13-16(23-12)28-19(7,8)26-13/h9-13,16H,1-8H3,(H,20,21)/t9-,10+,11-,12-,13+,16+/m0/s1. The van der Waals surface area contributed by atoms with Crippen molar-refractivity contribution in [2.24, 2.45) is 0 Å². The first-order valence-corrected chi connectivity index (χ1v) is 9.57. The summed E-state index contributed by atoms with van der Waals surface area (Å²) in [6.07, 6.45) is -3.55. The number of carbonyl (C=O) groups is 2. The molecule has 1 N–H and O–H groups in total. The first-order chi connectivity index (χ1) is 12.7. The molecule has 3 aliphatic rings. The van der Waals surface area contributed by atoms with Crippen LogP contribution in [0.25, 0.3) is 0 Å². The molecule has 0 unspecified atom stereocenters. The van der Waals surface area contributed by atoms with Gasteiger partial charge in [0.2, 0.25) is 0 Å². The summed E-state index contributed by atoms with van der Waals surface area (Å²) >= 11 is 0. The van der Waals surface area contributed by atoms with Gasteiger partial charge in [-0.1, -0.05) is 0 Å². The average molecular weight is 401 g/mol. The van der Waals surface area contributed by atoms with E-state index < -0.39 is 65.8 Å². The second-order valence-corrected chi connectivity index (χ2v) is 9.35. The molecule has 9 nitrogen and oxygen atoms in total. The van der Waals surface area contributed by atoms with Crippen molar-refractivity contribution in [2.75, 3.05) is 0 Å². The van der Waals surface area contributed by atoms with Crippen molar-refractivity contribution >= 4 is 11.9 Å². The molecule has 6 atom stereocenters. The molecule has 0 spiro atoms. The lowest BCUT2D eigenvalue weighted by Crippen LogP contribution is -2.60. The van der Waals surface area contributed by atoms with Crippen LogP contribution in [0.15, 0.2) is 0 Å². The van der Waals surface area contributed by atoms with E-state index in [9.17, 15) is 9.59 Å². The van der Waals surface area contributed by atoms with E-state index in [0.717, 1.165) is 0 Å². The lowest BCUT2D eigenvalue weighted by atomic mass is 9.98. The Balaban J connectivity index is 1.73. The van der Waals surface area contributed by atoms with Crippen LogP contribution in [0.1, 0.15) is 55.4 Å². The number of hydrogen-bond acceptors (Lipinski definition) is 8. The molecule has 3 fully saturated rings. The molecule has 28 heavy (non-hydrogen) atoms. The molecule has 0 bridgehead atoms. The monoisotopic (exact) mass is 401 g/mol. The summed E-state index contributed by atoms with van der Waals surface area (Å²) in [7, 11) is 0. The third-order valence-corrected chi connectivity index (χ3v) is 4.53. The van der Waals surface area contributed by atoms with Crippen molar-refractivity contribution in [3.05, 3.63) is 0 Å². The Morgan fingerprint density at radius 1 is 0.929 bits per heavy atom. The van der Waals surface area contributed by atoms with Gasteiger partial charge in [-0.25, -0.2) is 4.79 Å². The van der Waals surface area contributed by atoms with Crippen molar-refractivity contribution in [1.29, 1.82) is 0 Å². The van der Waals surface area contributed by atoms with Crippen molar-refractivity contribution in [3.63, 3.8) is 0 Å². The van der Waals surface area contributed by atoms with Crippen molar-refractivity contribution < 1.29 is 38.0 Å². The second kappa shape index (κ2) is 6.91. The lowest BCUT2D eigenvalue weighted by molar-refractivity contribution is -0.231. The summed E-state index contributed by atoms with van der Waals surface area (Å²) in [5, 5.41) is 2.64. The van der Waals surface area contributed by atoms with Crippen molar-refractivity contribution in [2.45, 2.75) is 109 Å². The summed E-state index contributed by atoms with van der Waals surface area (Å²) in [6, 6.07) is -0.848. The Labute approximate surface area is 165 Å². The van der Waals surface area contributed by atoms with Crippen molar-refractivity contribution in [3.8, 4) is 0 Å². The van der Waals surface area contributed by atoms with E-state index in [-0.39, 0.29) is 0 Å². The van der Waals surface area contributed by atoms with E-state index in [0.29, 0.717) is 0 Å². The summed E-state index contributed by atoms with van der Waals surface area (Å²) in [5.74, 6) is -2.80. The predicted molar refractivity (Wildman–Crippen MR) is 96.0 cm³/mol. The van der Waals surface area contributed by atoms with E-state index in [1.54, 1.807) is 55.4 Å². The van der Waals surface area contributed by atoms with E-state index in [4.69, 9.17) is 28.4 Å². The third kappa shape index (κ3) is 4.49. The van der Waals surface area contributed by atoms with E-state index in [2.05, 4.69) is 5.32 Å². The van der Waals surface area contributed by atoms with E-state index in [1.807, 2.05) is 0 Å². The van der Waals surface area contributed by atoms with Crippen LogP contribution < -0.4 is 5.32 Å². The molecule has 3 aliphatic heterocycles. The molecule has 1 amide bonds. The summed E-state index contributed by atoms with van der Waals surface area (Å²) in [5.41, 5.74) is -0.650. The molecular formula is C19H31NO8. The summed E-state index contributed by atoms with van der Waals surface area (Å²) < 4.78 is 34.8. The Morgan fingerprint density at radius 3 is 2.07 bits per heavy atom. The van der Waals surface area contributed by atoms with Gasteiger partial charge in [0.1, 0.15) is 30.0 Å². The zero-order valence-electron chi connectivity index (χ0n) is 17.7. The maximum Gasteiger partial charge on any atom is 0.328 e. The van der Waals surface area contributed by atoms with Crippen LogP contribution in [0, 0.1) is 0 Å². The minimum atomic E-state index is -1.02. The fourth-order valence-corrected chi connectivity index (χ4v) is 3.57. The Morgan fingerprint density at radius 2 is 1.46 bits per heavy atom. The van der Waals surface area contributed by atoms with Crippen LogP contribution in [0.5, 0.6) is 0 Å². The number of fused-ring (bicyclic) bond motifs is 3. The molecule has 0 aromatic rings. The van der Waals surface area contributed by atoms with Crippen LogP contribution in [-0.4, -0.2) is 65.8 Å². The smallest absolute Gasteiger partial charge is 0.328 e. The topological polar surface area (TPSA) is 102 Å². The molecule has 9 heteroatoms. The average Bonchev–Trinajstić information content (AvgIpc) is 2.98. The van der Waals surface area contributed by atoms with Crippen LogP contribution in [0.4, 0.5) is 0 Å². The highest BCUT2D eigenvalue weighted by atomic mass is 16.9. The molecule has 0 aliphatic carbocycles. The number of nitrogens with one attached hydrogen (secondary N) is 1. The van der Waals surface area contributed by atoms with Crippen LogP contribution >= 0.6 is 0 Å². The largest absolute Gasteiger partial charge is 0.458 e. The van der Waals surface area contributed by atoms with Gasteiger partial charge in [0.15, 0.2) is 24.0 Å². The highest BCUT2D eigenvalue weighted by Gasteiger charge is 2.62. The fourth-order valence-electron chi connectivity index (χ4n) is 3.57. The molecule has 0 radical (unpaired) electrons. The molecule has 0 aromatic heterocycles. The third-order valence-electron chi connectivity index (χ3n) is 4.53. The second-order valence-electron chi connectivity index (χ2n) is 9.35. The lowest BCUT2D eigenvalue weighted by Gasteiger charge is -2.36. The van der Waals surface area contributed by atoms with Gasteiger partial charge in [-0.2, -0.15) is 0 Å². The Kier molecular flexibility index (Phi) is 5.30. The highest BCUT2D eigenvalue weighted by molar-refractivity contribution is 5.87. The SMILES string of the molecule is C[C@H](NC(=O)[C@H]1O[C@@H]2OC(C)(C)O[C@@H]2[C@H]2OC(C)(C)O[C@H]21)C(=O)OC(C)(C)C. The maximum atomic E-state index is 12.9. The number of esters is 1. The molecule has 0 saturated carbocycles. The van der Waals surface area contributed by atoms with Gasteiger partial charge in [-0.15, -0.1) is 0 Å². The maximum absolute atomic E-state index is 12.9. The predicted octanol–water partition coefficient (Wildman–Crippen LogP) is 1.23. The number of hydrogen-bond donors (Lipinski definition) is 1. The molecule has 3 heterocycles. The number of ether oxygens (including phenoxy) is 6. The van der Waals surface area contributed by atoms with Crippen LogP contribution in [0.3, 0.4) is 0 Å². The summed E-state index contributed by atoms with van der Waals surface area (Å²) in [4.78, 5) is 25.1. The molecule has 0 aromatic carbocycles. The number of amides is 1. The van der Waals surface area contributed by atoms with Gasteiger partial charge in [0.05, 0.1) is 0 Å². The zero-order chi connectivity index (χ0) is 21.1. The zero-order valence-corrected chi connectivity index (χ0v) is 17.7. The van der Waals surface area contributed by atoms with Crippen molar-refractivity contribution in [1.82, 2.24) is 5.32 Å². The number of carbonyl (C=O) groups excluding carboxylic acids is 2. The van der Waals surface area contributed by atoms with Gasteiger partial charge in [-0.05, 0) is 55.4 Å². The minimum absolute atomic E-state index is 0.499. The fraction of sp³-hybridized carbons (Fsp3) is 0.895. The molecule has 160 valence electrons. The summed E-state index contributed by atoms with van der Waals surface area (Å²) in [6.45, 7) is 13.9. The van der Waals surface area contributed by atoms with Gasteiger partial charge >= 0.3 is 5.97 Å². The Bertz CT molecular complexity index is 640. The van der Waals surface area contributed by atoms with Gasteiger partial charge < -0.3 is 33.7 Å². The van der Waals surface area contributed by atoms with E-state index >= 15 is 0 Å².